The summed E-state index contributed by atoms with van der Waals surface area (Å²) >= 11 is 6.20. The SMILES string of the molecule is COC1CCCC1N1CCCC(Cl)C1. The molecule has 1 heterocycles. The average Bonchev–Trinajstić information content (AvgIpc) is 2.65. The van der Waals surface area contributed by atoms with Crippen LogP contribution < -0.4 is 0 Å². The molecule has 0 radical (unpaired) electrons. The van der Waals surface area contributed by atoms with Gasteiger partial charge in [0.25, 0.3) is 0 Å². The molecule has 1 aliphatic heterocycles. The Bertz CT molecular complexity index is 188. The van der Waals surface area contributed by atoms with Crippen LogP contribution in [0.1, 0.15) is 32.1 Å². The van der Waals surface area contributed by atoms with Crippen molar-refractivity contribution in [1.82, 2.24) is 4.90 Å². The van der Waals surface area contributed by atoms with Crippen LogP contribution in [0.15, 0.2) is 0 Å². The summed E-state index contributed by atoms with van der Waals surface area (Å²) in [5, 5.41) is 0.363. The van der Waals surface area contributed by atoms with E-state index in [-0.39, 0.29) is 0 Å². The molecule has 1 aliphatic carbocycles. The van der Waals surface area contributed by atoms with E-state index >= 15 is 0 Å². The number of hydrogen-bond acceptors (Lipinski definition) is 2. The summed E-state index contributed by atoms with van der Waals surface area (Å²) in [5.74, 6) is 0. The van der Waals surface area contributed by atoms with Crippen LogP contribution in [0.4, 0.5) is 0 Å². The van der Waals surface area contributed by atoms with Gasteiger partial charge in [-0.25, -0.2) is 0 Å². The van der Waals surface area contributed by atoms with Gasteiger partial charge in [-0.1, -0.05) is 0 Å². The summed E-state index contributed by atoms with van der Waals surface area (Å²) < 4.78 is 5.53. The molecule has 2 fully saturated rings. The van der Waals surface area contributed by atoms with E-state index in [1.807, 2.05) is 7.11 Å². The van der Waals surface area contributed by atoms with Crippen LogP contribution in [0.5, 0.6) is 0 Å². The number of rotatable bonds is 2. The van der Waals surface area contributed by atoms with Crippen molar-refractivity contribution in [3.8, 4) is 0 Å². The Morgan fingerprint density at radius 2 is 2.07 bits per heavy atom. The van der Waals surface area contributed by atoms with Crippen LogP contribution in [0, 0.1) is 0 Å². The van der Waals surface area contributed by atoms with E-state index < -0.39 is 0 Å². The Hall–Kier alpha value is 0.210. The minimum atomic E-state index is 0.363. The second-order valence-corrected chi connectivity index (χ2v) is 5.12. The van der Waals surface area contributed by atoms with Crippen molar-refractivity contribution in [3.63, 3.8) is 0 Å². The Morgan fingerprint density at radius 3 is 2.79 bits per heavy atom. The predicted octanol–water partition coefficient (Wildman–Crippen LogP) is 2.26. The highest BCUT2D eigenvalue weighted by molar-refractivity contribution is 6.20. The van der Waals surface area contributed by atoms with Crippen molar-refractivity contribution in [2.24, 2.45) is 0 Å². The van der Waals surface area contributed by atoms with Crippen molar-refractivity contribution in [2.75, 3.05) is 20.2 Å². The largest absolute Gasteiger partial charge is 0.380 e. The van der Waals surface area contributed by atoms with Gasteiger partial charge < -0.3 is 4.74 Å². The standard InChI is InChI=1S/C11H20ClNO/c1-14-11-6-2-5-10(11)13-7-3-4-9(12)8-13/h9-11H,2-8H2,1H3. The second kappa shape index (κ2) is 4.82. The molecule has 2 aliphatic rings. The fourth-order valence-corrected chi connectivity index (χ4v) is 3.18. The van der Waals surface area contributed by atoms with E-state index in [2.05, 4.69) is 4.90 Å². The summed E-state index contributed by atoms with van der Waals surface area (Å²) in [7, 11) is 1.84. The fourth-order valence-electron chi connectivity index (χ4n) is 2.85. The van der Waals surface area contributed by atoms with Gasteiger partial charge in [-0.2, -0.15) is 0 Å². The minimum Gasteiger partial charge on any atom is -0.380 e. The van der Waals surface area contributed by atoms with Crippen LogP contribution in [0.2, 0.25) is 0 Å². The molecule has 0 amide bonds. The second-order valence-electron chi connectivity index (χ2n) is 4.51. The Balaban J connectivity index is 1.92. The van der Waals surface area contributed by atoms with Crippen molar-refractivity contribution in [2.45, 2.75) is 49.6 Å². The first kappa shape index (κ1) is 10.7. The van der Waals surface area contributed by atoms with Gasteiger partial charge in [0.15, 0.2) is 0 Å². The highest BCUT2D eigenvalue weighted by atomic mass is 35.5. The maximum Gasteiger partial charge on any atom is 0.0726 e. The molecule has 0 spiro atoms. The topological polar surface area (TPSA) is 12.5 Å². The average molecular weight is 218 g/mol. The van der Waals surface area contributed by atoms with Gasteiger partial charge in [0.05, 0.1) is 6.10 Å². The number of halogens is 1. The van der Waals surface area contributed by atoms with Gasteiger partial charge in [-0.3, -0.25) is 4.90 Å². The minimum absolute atomic E-state index is 0.363. The van der Waals surface area contributed by atoms with Gasteiger partial charge in [0.1, 0.15) is 0 Å². The van der Waals surface area contributed by atoms with Crippen LogP contribution in [0.25, 0.3) is 0 Å². The first-order valence-electron chi connectivity index (χ1n) is 5.72. The van der Waals surface area contributed by atoms with E-state index in [0.29, 0.717) is 17.5 Å². The van der Waals surface area contributed by atoms with Crippen LogP contribution >= 0.6 is 11.6 Å². The molecule has 2 nitrogen and oxygen atoms in total. The summed E-state index contributed by atoms with van der Waals surface area (Å²) in [6.45, 7) is 2.28. The zero-order chi connectivity index (χ0) is 9.97. The van der Waals surface area contributed by atoms with E-state index in [0.717, 1.165) is 6.54 Å². The number of nitrogens with zero attached hydrogens (tertiary/aromatic N) is 1. The highest BCUT2D eigenvalue weighted by Crippen LogP contribution is 2.29. The molecule has 3 unspecified atom stereocenters. The van der Waals surface area contributed by atoms with Crippen molar-refractivity contribution in [1.29, 1.82) is 0 Å². The number of ether oxygens (including phenoxy) is 1. The van der Waals surface area contributed by atoms with Crippen LogP contribution in [0.3, 0.4) is 0 Å². The van der Waals surface area contributed by atoms with Crippen molar-refractivity contribution >= 4 is 11.6 Å². The molecule has 0 aromatic heterocycles. The predicted molar refractivity (Wildman–Crippen MR) is 58.9 cm³/mol. The van der Waals surface area contributed by atoms with Gasteiger partial charge in [0, 0.05) is 25.1 Å². The van der Waals surface area contributed by atoms with Crippen LogP contribution in [-0.2, 0) is 4.74 Å². The first-order valence-corrected chi connectivity index (χ1v) is 6.16. The lowest BCUT2D eigenvalue weighted by Crippen LogP contribution is -2.47. The third-order valence-electron chi connectivity index (χ3n) is 3.58. The Morgan fingerprint density at radius 1 is 1.21 bits per heavy atom. The van der Waals surface area contributed by atoms with E-state index in [1.165, 1.54) is 38.6 Å². The number of hydrogen-bond donors (Lipinski definition) is 0. The normalized spacial score (nSPS) is 40.3. The number of piperidine rings is 1. The molecule has 3 atom stereocenters. The summed E-state index contributed by atoms with van der Waals surface area (Å²) in [6, 6.07) is 0.640. The fraction of sp³-hybridized carbons (Fsp3) is 1.00. The molecule has 0 N–H and O–H groups in total. The molecule has 0 bridgehead atoms. The quantitative estimate of drug-likeness (QED) is 0.658. The lowest BCUT2D eigenvalue weighted by molar-refractivity contribution is 0.0260. The monoisotopic (exact) mass is 217 g/mol. The van der Waals surface area contributed by atoms with E-state index in [4.69, 9.17) is 16.3 Å². The maximum atomic E-state index is 6.20. The molecule has 1 saturated carbocycles. The first-order chi connectivity index (χ1) is 6.81. The molecule has 82 valence electrons. The van der Waals surface area contributed by atoms with Crippen molar-refractivity contribution < 1.29 is 4.74 Å². The summed E-state index contributed by atoms with van der Waals surface area (Å²) in [6.07, 6.45) is 6.72. The zero-order valence-corrected chi connectivity index (χ0v) is 9.67. The maximum absolute atomic E-state index is 6.20. The molecular weight excluding hydrogens is 198 g/mol. The molecule has 3 heteroatoms. The van der Waals surface area contributed by atoms with Gasteiger partial charge in [-0.15, -0.1) is 11.6 Å². The lowest BCUT2D eigenvalue weighted by atomic mass is 10.1. The number of likely N-dealkylation sites (tertiary alicyclic amines) is 1. The molecule has 0 aromatic carbocycles. The van der Waals surface area contributed by atoms with E-state index in [9.17, 15) is 0 Å². The van der Waals surface area contributed by atoms with Crippen molar-refractivity contribution in [3.05, 3.63) is 0 Å². The number of alkyl halides is 1. The smallest absolute Gasteiger partial charge is 0.0726 e. The number of methoxy groups -OCH3 is 1. The third kappa shape index (κ3) is 2.23. The van der Waals surface area contributed by atoms with Gasteiger partial charge in [0.2, 0.25) is 0 Å². The molecule has 1 saturated heterocycles. The van der Waals surface area contributed by atoms with Gasteiger partial charge in [-0.05, 0) is 38.6 Å². The molecular formula is C11H20ClNO. The molecule has 14 heavy (non-hydrogen) atoms. The summed E-state index contributed by atoms with van der Waals surface area (Å²) in [4.78, 5) is 2.54. The molecule has 0 aromatic rings. The zero-order valence-electron chi connectivity index (χ0n) is 8.92. The highest BCUT2D eigenvalue weighted by Gasteiger charge is 2.34. The van der Waals surface area contributed by atoms with Crippen LogP contribution in [-0.4, -0.2) is 42.6 Å². The summed E-state index contributed by atoms with van der Waals surface area (Å²) in [5.41, 5.74) is 0. The Kier molecular flexibility index (Phi) is 3.69. The third-order valence-corrected chi connectivity index (χ3v) is 3.94. The van der Waals surface area contributed by atoms with Gasteiger partial charge >= 0.3 is 0 Å². The lowest BCUT2D eigenvalue weighted by Gasteiger charge is -2.36. The molecule has 2 rings (SSSR count). The van der Waals surface area contributed by atoms with E-state index in [1.54, 1.807) is 0 Å². The Labute approximate surface area is 91.6 Å².